The van der Waals surface area contributed by atoms with Crippen LogP contribution in [-0.2, 0) is 4.74 Å². The van der Waals surface area contributed by atoms with Crippen molar-refractivity contribution >= 4 is 0 Å². The van der Waals surface area contributed by atoms with Crippen molar-refractivity contribution in [3.63, 3.8) is 0 Å². The second kappa shape index (κ2) is 8.58. The fourth-order valence-electron chi connectivity index (χ4n) is 0.916. The third kappa shape index (κ3) is 7.59. The highest BCUT2D eigenvalue weighted by Gasteiger charge is 1.96. The van der Waals surface area contributed by atoms with E-state index in [1.807, 2.05) is 6.92 Å². The van der Waals surface area contributed by atoms with Crippen LogP contribution in [0.25, 0.3) is 0 Å². The van der Waals surface area contributed by atoms with Gasteiger partial charge in [0.15, 0.2) is 0 Å². The number of hydrogen-bond donors (Lipinski definition) is 1. The predicted octanol–water partition coefficient (Wildman–Crippen LogP) is 1.41. The SMILES string of the molecule is C#CCC(C)NCCCOCC. The summed E-state index contributed by atoms with van der Waals surface area (Å²) in [6.07, 6.45) is 7.03. The molecular weight excluding hydrogens is 150 g/mol. The number of terminal acetylenes is 1. The molecule has 0 fully saturated rings. The first-order valence-corrected chi connectivity index (χ1v) is 4.55. The molecular formula is C10H19NO. The fraction of sp³-hybridized carbons (Fsp3) is 0.800. The van der Waals surface area contributed by atoms with E-state index in [4.69, 9.17) is 11.2 Å². The van der Waals surface area contributed by atoms with E-state index < -0.39 is 0 Å². The minimum Gasteiger partial charge on any atom is -0.382 e. The van der Waals surface area contributed by atoms with E-state index in [0.717, 1.165) is 32.6 Å². The molecule has 0 radical (unpaired) electrons. The van der Waals surface area contributed by atoms with Crippen molar-refractivity contribution in [3.05, 3.63) is 0 Å². The molecule has 2 nitrogen and oxygen atoms in total. The molecule has 0 aromatic rings. The summed E-state index contributed by atoms with van der Waals surface area (Å²) >= 11 is 0. The van der Waals surface area contributed by atoms with Gasteiger partial charge in [-0.25, -0.2) is 0 Å². The van der Waals surface area contributed by atoms with E-state index in [1.165, 1.54) is 0 Å². The zero-order valence-corrected chi connectivity index (χ0v) is 8.10. The topological polar surface area (TPSA) is 21.3 Å². The van der Waals surface area contributed by atoms with Gasteiger partial charge in [-0.1, -0.05) is 0 Å². The molecule has 0 aromatic carbocycles. The summed E-state index contributed by atoms with van der Waals surface area (Å²) in [5, 5.41) is 3.32. The van der Waals surface area contributed by atoms with E-state index in [2.05, 4.69) is 18.2 Å². The van der Waals surface area contributed by atoms with Gasteiger partial charge in [0, 0.05) is 25.7 Å². The lowest BCUT2D eigenvalue weighted by molar-refractivity contribution is 0.144. The van der Waals surface area contributed by atoms with Gasteiger partial charge in [0.25, 0.3) is 0 Å². The molecule has 0 heterocycles. The number of hydrogen-bond acceptors (Lipinski definition) is 2. The van der Waals surface area contributed by atoms with Crippen LogP contribution in [0.3, 0.4) is 0 Å². The van der Waals surface area contributed by atoms with Crippen molar-refractivity contribution in [2.45, 2.75) is 32.7 Å². The Labute approximate surface area is 75.7 Å². The van der Waals surface area contributed by atoms with Crippen LogP contribution in [0.4, 0.5) is 0 Å². The molecule has 1 unspecified atom stereocenters. The first-order chi connectivity index (χ1) is 5.81. The van der Waals surface area contributed by atoms with Crippen LogP contribution in [0, 0.1) is 12.3 Å². The summed E-state index contributed by atoms with van der Waals surface area (Å²) in [6.45, 7) is 6.74. The summed E-state index contributed by atoms with van der Waals surface area (Å²) in [5.74, 6) is 2.63. The molecule has 0 bridgehead atoms. The number of nitrogens with one attached hydrogen (secondary N) is 1. The van der Waals surface area contributed by atoms with E-state index in [-0.39, 0.29) is 0 Å². The third-order valence-corrected chi connectivity index (χ3v) is 1.59. The maximum absolute atomic E-state index is 5.19. The van der Waals surface area contributed by atoms with E-state index in [9.17, 15) is 0 Å². The summed E-state index contributed by atoms with van der Waals surface area (Å²) in [4.78, 5) is 0. The van der Waals surface area contributed by atoms with Crippen molar-refractivity contribution in [2.75, 3.05) is 19.8 Å². The van der Waals surface area contributed by atoms with E-state index >= 15 is 0 Å². The van der Waals surface area contributed by atoms with Gasteiger partial charge in [0.2, 0.25) is 0 Å². The van der Waals surface area contributed by atoms with Gasteiger partial charge in [-0.05, 0) is 26.8 Å². The fourth-order valence-corrected chi connectivity index (χ4v) is 0.916. The molecule has 0 aliphatic rings. The van der Waals surface area contributed by atoms with Crippen molar-refractivity contribution in [1.29, 1.82) is 0 Å². The van der Waals surface area contributed by atoms with Crippen LogP contribution < -0.4 is 5.32 Å². The molecule has 70 valence electrons. The van der Waals surface area contributed by atoms with Crippen LogP contribution in [0.5, 0.6) is 0 Å². The molecule has 12 heavy (non-hydrogen) atoms. The highest BCUT2D eigenvalue weighted by molar-refractivity contribution is 4.87. The monoisotopic (exact) mass is 169 g/mol. The van der Waals surface area contributed by atoms with Gasteiger partial charge in [-0.2, -0.15) is 0 Å². The zero-order chi connectivity index (χ0) is 9.23. The van der Waals surface area contributed by atoms with Crippen LogP contribution in [0.1, 0.15) is 26.7 Å². The summed E-state index contributed by atoms with van der Waals surface area (Å²) < 4.78 is 5.19. The molecule has 0 rings (SSSR count). The lowest BCUT2D eigenvalue weighted by Gasteiger charge is -2.09. The minimum atomic E-state index is 0.427. The van der Waals surface area contributed by atoms with Crippen LogP contribution in [0.15, 0.2) is 0 Å². The second-order valence-electron chi connectivity index (χ2n) is 2.81. The third-order valence-electron chi connectivity index (χ3n) is 1.59. The van der Waals surface area contributed by atoms with Crippen LogP contribution >= 0.6 is 0 Å². The highest BCUT2D eigenvalue weighted by atomic mass is 16.5. The molecule has 0 saturated heterocycles. The lowest BCUT2D eigenvalue weighted by atomic mass is 10.2. The largest absolute Gasteiger partial charge is 0.382 e. The first kappa shape index (κ1) is 11.5. The van der Waals surface area contributed by atoms with Crippen molar-refractivity contribution < 1.29 is 4.74 Å². The summed E-state index contributed by atoms with van der Waals surface area (Å²) in [5.41, 5.74) is 0. The van der Waals surface area contributed by atoms with Crippen LogP contribution in [0.2, 0.25) is 0 Å². The van der Waals surface area contributed by atoms with E-state index in [1.54, 1.807) is 0 Å². The zero-order valence-electron chi connectivity index (χ0n) is 8.10. The van der Waals surface area contributed by atoms with E-state index in [0.29, 0.717) is 6.04 Å². The van der Waals surface area contributed by atoms with Crippen molar-refractivity contribution in [3.8, 4) is 12.3 Å². The van der Waals surface area contributed by atoms with Gasteiger partial charge >= 0.3 is 0 Å². The minimum absolute atomic E-state index is 0.427. The second-order valence-corrected chi connectivity index (χ2v) is 2.81. The average molecular weight is 169 g/mol. The molecule has 0 aliphatic carbocycles. The Bertz CT molecular complexity index is 128. The molecule has 0 aliphatic heterocycles. The number of ether oxygens (including phenoxy) is 1. The van der Waals surface area contributed by atoms with Crippen molar-refractivity contribution in [2.24, 2.45) is 0 Å². The Morgan fingerprint density at radius 2 is 2.33 bits per heavy atom. The highest BCUT2D eigenvalue weighted by Crippen LogP contribution is 1.88. The predicted molar refractivity (Wildman–Crippen MR) is 52.0 cm³/mol. The first-order valence-electron chi connectivity index (χ1n) is 4.55. The summed E-state index contributed by atoms with van der Waals surface area (Å²) in [6, 6.07) is 0.427. The normalized spacial score (nSPS) is 12.4. The Hall–Kier alpha value is -0.520. The maximum Gasteiger partial charge on any atom is 0.0477 e. The molecule has 0 amide bonds. The van der Waals surface area contributed by atoms with Gasteiger partial charge in [0.1, 0.15) is 0 Å². The van der Waals surface area contributed by atoms with Gasteiger partial charge in [-0.3, -0.25) is 0 Å². The average Bonchev–Trinajstić information content (AvgIpc) is 2.05. The smallest absolute Gasteiger partial charge is 0.0477 e. The molecule has 1 atom stereocenters. The van der Waals surface area contributed by atoms with Gasteiger partial charge in [-0.15, -0.1) is 12.3 Å². The Kier molecular flexibility index (Phi) is 8.20. The van der Waals surface area contributed by atoms with Gasteiger partial charge in [0.05, 0.1) is 0 Å². The van der Waals surface area contributed by atoms with Crippen molar-refractivity contribution in [1.82, 2.24) is 5.32 Å². The number of rotatable bonds is 7. The Morgan fingerprint density at radius 1 is 1.58 bits per heavy atom. The molecule has 0 spiro atoms. The van der Waals surface area contributed by atoms with Crippen LogP contribution in [-0.4, -0.2) is 25.8 Å². The lowest BCUT2D eigenvalue weighted by Crippen LogP contribution is -2.27. The standard InChI is InChI=1S/C10H19NO/c1-4-7-10(3)11-8-6-9-12-5-2/h1,10-11H,5-9H2,2-3H3. The molecule has 0 aromatic heterocycles. The van der Waals surface area contributed by atoms with Gasteiger partial charge < -0.3 is 10.1 Å². The summed E-state index contributed by atoms with van der Waals surface area (Å²) in [7, 11) is 0. The maximum atomic E-state index is 5.19. The Balaban J connectivity index is 3.04. The quantitative estimate of drug-likeness (QED) is 0.459. The Morgan fingerprint density at radius 3 is 2.92 bits per heavy atom. The molecule has 1 N–H and O–H groups in total. The molecule has 0 saturated carbocycles. The molecule has 2 heteroatoms.